The molecule has 1 aromatic rings. The Hall–Kier alpha value is -1.77. The Morgan fingerprint density at radius 1 is 1.28 bits per heavy atom. The Bertz CT molecular complexity index is 490. The minimum absolute atomic E-state index is 0.254. The molecule has 94 valence electrons. The van der Waals surface area contributed by atoms with Crippen molar-refractivity contribution in [3.63, 3.8) is 0 Å². The molecular formula is C15H17NO2. The number of benzene rings is 1. The van der Waals surface area contributed by atoms with Crippen LogP contribution in [-0.4, -0.2) is 30.4 Å². The number of ketones is 1. The molecule has 0 aromatic heterocycles. The molecule has 2 aliphatic heterocycles. The van der Waals surface area contributed by atoms with Crippen LogP contribution >= 0.6 is 0 Å². The maximum atomic E-state index is 11.8. The summed E-state index contributed by atoms with van der Waals surface area (Å²) in [7, 11) is 1.66. The molecule has 0 N–H and O–H groups in total. The average Bonchev–Trinajstić information content (AvgIpc) is 2.86. The molecule has 1 fully saturated rings. The Balaban J connectivity index is 1.95. The SMILES string of the molecule is COc1ccc(C2=CC(=O)CC3CCCN23)cc1. The fourth-order valence-corrected chi connectivity index (χ4v) is 2.90. The Morgan fingerprint density at radius 2 is 2.06 bits per heavy atom. The van der Waals surface area contributed by atoms with Gasteiger partial charge >= 0.3 is 0 Å². The zero-order valence-electron chi connectivity index (χ0n) is 10.6. The van der Waals surface area contributed by atoms with Gasteiger partial charge in [-0.3, -0.25) is 4.79 Å². The van der Waals surface area contributed by atoms with Gasteiger partial charge in [0.2, 0.25) is 0 Å². The van der Waals surface area contributed by atoms with E-state index in [1.54, 1.807) is 13.2 Å². The molecule has 0 bridgehead atoms. The largest absolute Gasteiger partial charge is 0.497 e. The standard InChI is InChI=1S/C15H17NO2/c1-18-14-6-4-11(5-7-14)15-10-13(17)9-12-3-2-8-16(12)15/h4-7,10,12H,2-3,8-9H2,1H3. The molecule has 3 heteroatoms. The van der Waals surface area contributed by atoms with E-state index >= 15 is 0 Å². The molecular weight excluding hydrogens is 226 g/mol. The van der Waals surface area contributed by atoms with E-state index in [2.05, 4.69) is 4.90 Å². The molecule has 0 spiro atoms. The first-order chi connectivity index (χ1) is 8.78. The van der Waals surface area contributed by atoms with Gasteiger partial charge in [0.05, 0.1) is 7.11 Å². The number of carbonyl (C=O) groups is 1. The first-order valence-corrected chi connectivity index (χ1v) is 6.43. The number of rotatable bonds is 2. The third kappa shape index (κ3) is 1.90. The molecule has 2 heterocycles. The van der Waals surface area contributed by atoms with Crippen LogP contribution in [0.1, 0.15) is 24.8 Å². The molecule has 1 saturated heterocycles. The molecule has 0 saturated carbocycles. The summed E-state index contributed by atoms with van der Waals surface area (Å²) in [5.41, 5.74) is 2.19. The predicted molar refractivity (Wildman–Crippen MR) is 70.3 cm³/mol. The molecule has 1 atom stereocenters. The summed E-state index contributed by atoms with van der Waals surface area (Å²) in [5.74, 6) is 1.10. The van der Waals surface area contributed by atoms with Gasteiger partial charge in [0, 0.05) is 30.8 Å². The van der Waals surface area contributed by atoms with E-state index < -0.39 is 0 Å². The molecule has 3 rings (SSSR count). The third-order valence-electron chi connectivity index (χ3n) is 3.81. The summed E-state index contributed by atoms with van der Waals surface area (Å²) in [5, 5.41) is 0. The van der Waals surface area contributed by atoms with Crippen LogP contribution in [-0.2, 0) is 4.79 Å². The van der Waals surface area contributed by atoms with E-state index in [1.807, 2.05) is 24.3 Å². The predicted octanol–water partition coefficient (Wildman–Crippen LogP) is 2.47. The van der Waals surface area contributed by atoms with Crippen molar-refractivity contribution < 1.29 is 9.53 Å². The van der Waals surface area contributed by atoms with Gasteiger partial charge in [0.15, 0.2) is 5.78 Å². The highest BCUT2D eigenvalue weighted by Gasteiger charge is 2.32. The van der Waals surface area contributed by atoms with Gasteiger partial charge < -0.3 is 9.64 Å². The van der Waals surface area contributed by atoms with E-state index in [1.165, 1.54) is 6.42 Å². The summed E-state index contributed by atoms with van der Waals surface area (Å²) in [6.45, 7) is 1.07. The van der Waals surface area contributed by atoms with Crippen molar-refractivity contribution in [3.05, 3.63) is 35.9 Å². The minimum Gasteiger partial charge on any atom is -0.497 e. The zero-order valence-corrected chi connectivity index (χ0v) is 10.6. The molecule has 1 unspecified atom stereocenters. The zero-order chi connectivity index (χ0) is 12.5. The number of hydrogen-bond donors (Lipinski definition) is 0. The van der Waals surface area contributed by atoms with Crippen LogP contribution in [0.4, 0.5) is 0 Å². The minimum atomic E-state index is 0.254. The second kappa shape index (κ2) is 4.48. The van der Waals surface area contributed by atoms with Crippen LogP contribution in [0.3, 0.4) is 0 Å². The number of hydrogen-bond acceptors (Lipinski definition) is 3. The monoisotopic (exact) mass is 243 g/mol. The van der Waals surface area contributed by atoms with Gasteiger partial charge in [-0.2, -0.15) is 0 Å². The Morgan fingerprint density at radius 3 is 2.78 bits per heavy atom. The summed E-state index contributed by atoms with van der Waals surface area (Å²) >= 11 is 0. The Kier molecular flexibility index (Phi) is 2.82. The van der Waals surface area contributed by atoms with E-state index in [0.717, 1.165) is 30.0 Å². The lowest BCUT2D eigenvalue weighted by atomic mass is 9.99. The van der Waals surface area contributed by atoms with E-state index in [0.29, 0.717) is 12.5 Å². The molecule has 1 aromatic carbocycles. The van der Waals surface area contributed by atoms with Crippen molar-refractivity contribution in [1.82, 2.24) is 4.90 Å². The van der Waals surface area contributed by atoms with Crippen LogP contribution in [0.2, 0.25) is 0 Å². The van der Waals surface area contributed by atoms with E-state index in [4.69, 9.17) is 4.74 Å². The van der Waals surface area contributed by atoms with E-state index in [9.17, 15) is 4.79 Å². The quantitative estimate of drug-likeness (QED) is 0.799. The van der Waals surface area contributed by atoms with Gasteiger partial charge in [-0.15, -0.1) is 0 Å². The summed E-state index contributed by atoms with van der Waals surface area (Å²) < 4.78 is 5.16. The fourth-order valence-electron chi connectivity index (χ4n) is 2.90. The van der Waals surface area contributed by atoms with Crippen LogP contribution in [0, 0.1) is 0 Å². The van der Waals surface area contributed by atoms with Crippen molar-refractivity contribution in [2.75, 3.05) is 13.7 Å². The molecule has 18 heavy (non-hydrogen) atoms. The lowest BCUT2D eigenvalue weighted by Gasteiger charge is -2.32. The topological polar surface area (TPSA) is 29.5 Å². The van der Waals surface area contributed by atoms with Crippen molar-refractivity contribution in [1.29, 1.82) is 0 Å². The molecule has 2 aliphatic rings. The van der Waals surface area contributed by atoms with Gasteiger partial charge in [0.25, 0.3) is 0 Å². The molecule has 0 radical (unpaired) electrons. The number of fused-ring (bicyclic) bond motifs is 1. The first kappa shape index (κ1) is 11.3. The van der Waals surface area contributed by atoms with Crippen molar-refractivity contribution in [3.8, 4) is 5.75 Å². The van der Waals surface area contributed by atoms with Crippen molar-refractivity contribution >= 4 is 11.5 Å². The van der Waals surface area contributed by atoms with Gasteiger partial charge in [-0.1, -0.05) is 0 Å². The normalized spacial score (nSPS) is 22.7. The number of nitrogens with zero attached hydrogens (tertiary/aromatic N) is 1. The molecule has 3 nitrogen and oxygen atoms in total. The second-order valence-corrected chi connectivity index (χ2v) is 4.92. The summed E-state index contributed by atoms with van der Waals surface area (Å²) in [6.07, 6.45) is 4.80. The third-order valence-corrected chi connectivity index (χ3v) is 3.81. The smallest absolute Gasteiger partial charge is 0.159 e. The second-order valence-electron chi connectivity index (χ2n) is 4.92. The number of carbonyl (C=O) groups excluding carboxylic acids is 1. The van der Waals surface area contributed by atoms with Crippen molar-refractivity contribution in [2.45, 2.75) is 25.3 Å². The average molecular weight is 243 g/mol. The maximum Gasteiger partial charge on any atom is 0.159 e. The van der Waals surface area contributed by atoms with Crippen LogP contribution < -0.4 is 4.74 Å². The van der Waals surface area contributed by atoms with Gasteiger partial charge in [-0.05, 0) is 42.7 Å². The summed E-state index contributed by atoms with van der Waals surface area (Å²) in [4.78, 5) is 14.2. The van der Waals surface area contributed by atoms with E-state index in [-0.39, 0.29) is 5.78 Å². The lowest BCUT2D eigenvalue weighted by Crippen LogP contribution is -2.33. The fraction of sp³-hybridized carbons (Fsp3) is 0.400. The van der Waals surface area contributed by atoms with Crippen LogP contribution in [0.25, 0.3) is 5.70 Å². The maximum absolute atomic E-state index is 11.8. The highest BCUT2D eigenvalue weighted by atomic mass is 16.5. The Labute approximate surface area is 107 Å². The highest BCUT2D eigenvalue weighted by molar-refractivity contribution is 5.98. The number of allylic oxidation sites excluding steroid dienone is 1. The van der Waals surface area contributed by atoms with Gasteiger partial charge in [-0.25, -0.2) is 0 Å². The van der Waals surface area contributed by atoms with Crippen LogP contribution in [0.5, 0.6) is 5.75 Å². The van der Waals surface area contributed by atoms with Gasteiger partial charge in [0.1, 0.15) is 5.75 Å². The van der Waals surface area contributed by atoms with Crippen LogP contribution in [0.15, 0.2) is 30.3 Å². The summed E-state index contributed by atoms with van der Waals surface area (Å²) in [6, 6.07) is 8.36. The van der Waals surface area contributed by atoms with Crippen molar-refractivity contribution in [2.24, 2.45) is 0 Å². The molecule has 0 amide bonds. The number of methoxy groups -OCH3 is 1. The highest BCUT2D eigenvalue weighted by Crippen LogP contribution is 2.34. The molecule has 0 aliphatic carbocycles. The lowest BCUT2D eigenvalue weighted by molar-refractivity contribution is -0.115. The first-order valence-electron chi connectivity index (χ1n) is 6.43. The number of ether oxygens (including phenoxy) is 1.